The summed E-state index contributed by atoms with van der Waals surface area (Å²) in [6.45, 7) is -0.537. The molecule has 7 nitrogen and oxygen atoms in total. The number of carbonyl (C=O) groups excluding carboxylic acids is 2. The van der Waals surface area contributed by atoms with Gasteiger partial charge in [0.2, 0.25) is 0 Å². The molecule has 1 aromatic heterocycles. The van der Waals surface area contributed by atoms with Crippen LogP contribution < -0.4 is 20.3 Å². The van der Waals surface area contributed by atoms with Crippen molar-refractivity contribution in [2.45, 2.75) is 24.7 Å². The second-order valence-corrected chi connectivity index (χ2v) is 5.79. The van der Waals surface area contributed by atoms with Crippen LogP contribution in [0.3, 0.4) is 0 Å². The molecule has 0 unspecified atom stereocenters. The smallest absolute Gasteiger partial charge is 0.468 e. The van der Waals surface area contributed by atoms with E-state index in [1.165, 1.54) is 18.4 Å². The molecule has 0 saturated carbocycles. The first-order valence-corrected chi connectivity index (χ1v) is 7.79. The summed E-state index contributed by atoms with van der Waals surface area (Å²) in [4.78, 5) is 24.9. The van der Waals surface area contributed by atoms with Crippen LogP contribution in [0.4, 0.5) is 36.8 Å². The van der Waals surface area contributed by atoms with Gasteiger partial charge in [-0.15, -0.1) is 13.2 Å². The third-order valence-corrected chi connectivity index (χ3v) is 3.88. The lowest BCUT2D eigenvalue weighted by molar-refractivity contribution is -0.274. The molecule has 1 aliphatic heterocycles. The van der Waals surface area contributed by atoms with E-state index < -0.39 is 42.4 Å². The fourth-order valence-corrected chi connectivity index (χ4v) is 2.61. The first-order valence-electron chi connectivity index (χ1n) is 7.79. The van der Waals surface area contributed by atoms with Crippen LogP contribution in [0.15, 0.2) is 47.1 Å². The summed E-state index contributed by atoms with van der Waals surface area (Å²) in [6.07, 6.45) is -9.01. The molecule has 2 N–H and O–H groups in total. The Bertz CT molecular complexity index is 895. The third-order valence-electron chi connectivity index (χ3n) is 3.88. The Balaban J connectivity index is 1.87. The standard InChI is InChI=1S/C16H11F6N3O4/c17-15(18,19)14(23-8-11-2-1-7-28-11)12(26)25(13(27)24-14)9-3-5-10(6-4-9)29-16(20,21)22/h1-7,23H,8H2,(H,24,27)/t14-/m0/s1. The zero-order valence-corrected chi connectivity index (χ0v) is 14.1. The molecule has 2 aromatic rings. The summed E-state index contributed by atoms with van der Waals surface area (Å²) in [6, 6.07) is 4.57. The van der Waals surface area contributed by atoms with Crippen LogP contribution in [0, 0.1) is 0 Å². The van der Waals surface area contributed by atoms with Gasteiger partial charge in [0.15, 0.2) is 0 Å². The lowest BCUT2D eigenvalue weighted by atomic mass is 10.1. The molecule has 1 aliphatic rings. The molecular formula is C16H11F6N3O4. The molecule has 3 amide bonds. The first-order chi connectivity index (χ1) is 13.4. The van der Waals surface area contributed by atoms with Gasteiger partial charge in [-0.1, -0.05) is 0 Å². The Morgan fingerprint density at radius 2 is 1.72 bits per heavy atom. The Labute approximate surface area is 158 Å². The van der Waals surface area contributed by atoms with Gasteiger partial charge in [0.25, 0.3) is 11.6 Å². The highest BCUT2D eigenvalue weighted by Crippen LogP contribution is 2.36. The van der Waals surface area contributed by atoms with Crippen molar-refractivity contribution in [3.63, 3.8) is 0 Å². The highest BCUT2D eigenvalue weighted by atomic mass is 19.4. The molecule has 0 spiro atoms. The number of urea groups is 1. The number of anilines is 1. The van der Waals surface area contributed by atoms with Crippen LogP contribution in [0.25, 0.3) is 0 Å². The first kappa shape index (κ1) is 20.5. The maximum atomic E-state index is 13.7. The minimum Gasteiger partial charge on any atom is -0.468 e. The monoisotopic (exact) mass is 423 g/mol. The maximum Gasteiger partial charge on any atom is 0.573 e. The number of furan rings is 1. The lowest BCUT2D eigenvalue weighted by Gasteiger charge is -2.29. The van der Waals surface area contributed by atoms with Gasteiger partial charge in [-0.25, -0.2) is 9.69 Å². The SMILES string of the molecule is O=C1N[C@](NCc2ccco2)(C(F)(F)F)C(=O)N1c1ccc(OC(F)(F)F)cc1. The predicted molar refractivity (Wildman–Crippen MR) is 83.5 cm³/mol. The second kappa shape index (κ2) is 6.99. The van der Waals surface area contributed by atoms with E-state index in [2.05, 4.69) is 4.74 Å². The van der Waals surface area contributed by atoms with E-state index >= 15 is 0 Å². The van der Waals surface area contributed by atoms with Gasteiger partial charge in [-0.05, 0) is 36.4 Å². The normalized spacial score (nSPS) is 20.1. The number of amides is 3. The number of alkyl halides is 6. The van der Waals surface area contributed by atoms with Gasteiger partial charge in [-0.3, -0.25) is 10.1 Å². The highest BCUT2D eigenvalue weighted by molar-refractivity contribution is 6.23. The second-order valence-electron chi connectivity index (χ2n) is 5.79. The summed E-state index contributed by atoms with van der Waals surface area (Å²) in [7, 11) is 0. The lowest BCUT2D eigenvalue weighted by Crippen LogP contribution is -2.68. The summed E-state index contributed by atoms with van der Waals surface area (Å²) < 4.78 is 86.3. The molecule has 0 aliphatic carbocycles. The van der Waals surface area contributed by atoms with E-state index in [-0.39, 0.29) is 16.3 Å². The average Bonchev–Trinajstić information content (AvgIpc) is 3.19. The number of nitrogens with one attached hydrogen (secondary N) is 2. The van der Waals surface area contributed by atoms with E-state index in [0.29, 0.717) is 0 Å². The Morgan fingerprint density at radius 1 is 1.07 bits per heavy atom. The van der Waals surface area contributed by atoms with Crippen molar-refractivity contribution in [3.8, 4) is 5.75 Å². The highest BCUT2D eigenvalue weighted by Gasteiger charge is 2.68. The van der Waals surface area contributed by atoms with Crippen LogP contribution in [-0.4, -0.2) is 30.1 Å². The van der Waals surface area contributed by atoms with Gasteiger partial charge in [0.05, 0.1) is 18.5 Å². The summed E-state index contributed by atoms with van der Waals surface area (Å²) in [5.74, 6) is -2.31. The molecule has 1 fully saturated rings. The van der Waals surface area contributed by atoms with E-state index in [1.807, 2.05) is 5.32 Å². The number of benzene rings is 1. The summed E-state index contributed by atoms with van der Waals surface area (Å²) in [5, 5.41) is 3.51. The van der Waals surface area contributed by atoms with Crippen LogP contribution in [0.2, 0.25) is 0 Å². The largest absolute Gasteiger partial charge is 0.573 e. The maximum absolute atomic E-state index is 13.7. The molecule has 2 heterocycles. The number of hydrogen-bond donors (Lipinski definition) is 2. The topological polar surface area (TPSA) is 83.8 Å². The Kier molecular flexibility index (Phi) is 4.94. The van der Waals surface area contributed by atoms with Crippen LogP contribution >= 0.6 is 0 Å². The van der Waals surface area contributed by atoms with E-state index in [0.717, 1.165) is 24.3 Å². The number of imide groups is 1. The van der Waals surface area contributed by atoms with Gasteiger partial charge < -0.3 is 14.5 Å². The van der Waals surface area contributed by atoms with Crippen molar-refractivity contribution in [3.05, 3.63) is 48.4 Å². The third kappa shape index (κ3) is 3.99. The van der Waals surface area contributed by atoms with Gasteiger partial charge in [0.1, 0.15) is 11.5 Å². The van der Waals surface area contributed by atoms with E-state index in [4.69, 9.17) is 4.42 Å². The molecule has 1 aromatic carbocycles. The quantitative estimate of drug-likeness (QED) is 0.570. The zero-order chi connectivity index (χ0) is 21.4. The molecule has 1 saturated heterocycles. The molecule has 0 bridgehead atoms. The van der Waals surface area contributed by atoms with Crippen LogP contribution in [0.5, 0.6) is 5.75 Å². The van der Waals surface area contributed by atoms with E-state index in [1.54, 1.807) is 5.32 Å². The van der Waals surface area contributed by atoms with Crippen LogP contribution in [0.1, 0.15) is 5.76 Å². The zero-order valence-electron chi connectivity index (χ0n) is 14.1. The van der Waals surface area contributed by atoms with Crippen molar-refractivity contribution < 1.29 is 45.1 Å². The molecule has 1 atom stereocenters. The van der Waals surface area contributed by atoms with Crippen molar-refractivity contribution in [2.75, 3.05) is 4.90 Å². The summed E-state index contributed by atoms with van der Waals surface area (Å²) >= 11 is 0. The number of rotatable bonds is 5. The minimum atomic E-state index is -5.24. The van der Waals surface area contributed by atoms with Gasteiger partial charge in [0, 0.05) is 0 Å². The fourth-order valence-electron chi connectivity index (χ4n) is 2.61. The van der Waals surface area contributed by atoms with Gasteiger partial charge in [-0.2, -0.15) is 13.2 Å². The molecule has 29 heavy (non-hydrogen) atoms. The molecule has 3 rings (SSSR count). The number of hydrogen-bond acceptors (Lipinski definition) is 5. The number of ether oxygens (including phenoxy) is 1. The molecule has 156 valence electrons. The van der Waals surface area contributed by atoms with Crippen molar-refractivity contribution >= 4 is 17.6 Å². The van der Waals surface area contributed by atoms with E-state index in [9.17, 15) is 35.9 Å². The Hall–Kier alpha value is -3.22. The fraction of sp³-hybridized carbons (Fsp3) is 0.250. The van der Waals surface area contributed by atoms with Crippen molar-refractivity contribution in [1.29, 1.82) is 0 Å². The Morgan fingerprint density at radius 3 is 2.24 bits per heavy atom. The molecule has 13 heteroatoms. The number of halogens is 6. The number of nitrogens with zero attached hydrogens (tertiary/aromatic N) is 1. The average molecular weight is 423 g/mol. The van der Waals surface area contributed by atoms with Crippen LogP contribution in [-0.2, 0) is 11.3 Å². The molecule has 0 radical (unpaired) electrons. The number of carbonyl (C=O) groups is 2. The minimum absolute atomic E-state index is 0.0720. The predicted octanol–water partition coefficient (Wildman–Crippen LogP) is 3.28. The van der Waals surface area contributed by atoms with Gasteiger partial charge >= 0.3 is 18.6 Å². The van der Waals surface area contributed by atoms with Crippen molar-refractivity contribution in [2.24, 2.45) is 0 Å². The molecular weight excluding hydrogens is 412 g/mol. The van der Waals surface area contributed by atoms with Crippen molar-refractivity contribution in [1.82, 2.24) is 10.6 Å². The summed E-state index contributed by atoms with van der Waals surface area (Å²) in [5.41, 5.74) is -3.83.